The Labute approximate surface area is 109 Å². The smallest absolute Gasteiger partial charge is 0.309 e. The summed E-state index contributed by atoms with van der Waals surface area (Å²) < 4.78 is 5.51. The van der Waals surface area contributed by atoms with E-state index in [1.54, 1.807) is 0 Å². The molecule has 1 aliphatic heterocycles. The van der Waals surface area contributed by atoms with Crippen molar-refractivity contribution in [2.75, 3.05) is 0 Å². The molecule has 0 spiro atoms. The molecule has 0 aromatic rings. The molecule has 1 saturated heterocycles. The molecule has 0 amide bonds. The summed E-state index contributed by atoms with van der Waals surface area (Å²) in [6.45, 7) is 0. The minimum absolute atomic E-state index is 0.265. The minimum atomic E-state index is -0.577. The number of epoxide rings is 1. The maximum Gasteiger partial charge on any atom is 0.309 e. The van der Waals surface area contributed by atoms with E-state index in [4.69, 9.17) is 4.74 Å². The zero-order valence-electron chi connectivity index (χ0n) is 11.1. The van der Waals surface area contributed by atoms with Crippen LogP contribution in [-0.4, -0.2) is 23.3 Å². The predicted molar refractivity (Wildman–Crippen MR) is 68.4 cm³/mol. The van der Waals surface area contributed by atoms with Crippen molar-refractivity contribution in [2.24, 2.45) is 11.3 Å². The largest absolute Gasteiger partial charge is 0.481 e. The number of aliphatic carboxylic acids is 1. The Kier molecular flexibility index (Phi) is 3.35. The molecule has 3 fully saturated rings. The molecule has 2 aliphatic carbocycles. The van der Waals surface area contributed by atoms with E-state index in [-0.39, 0.29) is 6.10 Å². The first-order chi connectivity index (χ1) is 8.70. The first kappa shape index (κ1) is 12.5. The highest BCUT2D eigenvalue weighted by atomic mass is 16.6. The molecule has 3 atom stereocenters. The fraction of sp³-hybridized carbons (Fsp3) is 0.933. The lowest BCUT2D eigenvalue weighted by molar-refractivity contribution is -0.151. The van der Waals surface area contributed by atoms with Gasteiger partial charge in [0.15, 0.2) is 0 Å². The van der Waals surface area contributed by atoms with Gasteiger partial charge in [-0.05, 0) is 38.0 Å². The molecule has 3 aliphatic rings. The number of carbonyl (C=O) groups is 1. The molecule has 102 valence electrons. The van der Waals surface area contributed by atoms with Gasteiger partial charge in [-0.1, -0.05) is 32.1 Å². The Morgan fingerprint density at radius 1 is 1.17 bits per heavy atom. The quantitative estimate of drug-likeness (QED) is 0.780. The maximum absolute atomic E-state index is 11.7. The van der Waals surface area contributed by atoms with Gasteiger partial charge in [-0.2, -0.15) is 0 Å². The van der Waals surface area contributed by atoms with E-state index in [9.17, 15) is 9.90 Å². The summed E-state index contributed by atoms with van der Waals surface area (Å²) in [5, 5.41) is 9.60. The topological polar surface area (TPSA) is 49.8 Å². The van der Waals surface area contributed by atoms with E-state index in [0.717, 1.165) is 38.0 Å². The summed E-state index contributed by atoms with van der Waals surface area (Å²) in [5.41, 5.74) is -0.463. The van der Waals surface area contributed by atoms with E-state index in [0.29, 0.717) is 6.10 Å². The monoisotopic (exact) mass is 252 g/mol. The van der Waals surface area contributed by atoms with Gasteiger partial charge in [0.2, 0.25) is 0 Å². The number of rotatable bonds is 4. The molecule has 3 unspecified atom stereocenters. The van der Waals surface area contributed by atoms with E-state index in [1.807, 2.05) is 0 Å². The van der Waals surface area contributed by atoms with Gasteiger partial charge in [0.1, 0.15) is 0 Å². The van der Waals surface area contributed by atoms with E-state index in [1.165, 1.54) is 32.1 Å². The van der Waals surface area contributed by atoms with Gasteiger partial charge < -0.3 is 9.84 Å². The minimum Gasteiger partial charge on any atom is -0.481 e. The van der Waals surface area contributed by atoms with Gasteiger partial charge in [-0.15, -0.1) is 0 Å². The average Bonchev–Trinajstić information content (AvgIpc) is 3.15. The molecule has 3 rings (SSSR count). The molecule has 1 heterocycles. The standard InChI is InChI=1S/C15H24O3/c16-14(17)15(9-7-12-13(10-15)18-12)8-6-11-4-2-1-3-5-11/h11-13H,1-10H2,(H,16,17). The summed E-state index contributed by atoms with van der Waals surface area (Å²) >= 11 is 0. The van der Waals surface area contributed by atoms with Crippen LogP contribution in [-0.2, 0) is 9.53 Å². The molecule has 18 heavy (non-hydrogen) atoms. The molecule has 0 aromatic heterocycles. The van der Waals surface area contributed by atoms with Gasteiger partial charge in [0, 0.05) is 0 Å². The van der Waals surface area contributed by atoms with Gasteiger partial charge >= 0.3 is 5.97 Å². The molecule has 1 N–H and O–H groups in total. The average molecular weight is 252 g/mol. The fourth-order valence-corrected chi connectivity index (χ4v) is 4.00. The highest BCUT2D eigenvalue weighted by Crippen LogP contribution is 2.49. The molecular formula is C15H24O3. The molecule has 0 radical (unpaired) electrons. The van der Waals surface area contributed by atoms with Crippen molar-refractivity contribution >= 4 is 5.97 Å². The van der Waals surface area contributed by atoms with Gasteiger partial charge in [-0.25, -0.2) is 0 Å². The lowest BCUT2D eigenvalue weighted by Crippen LogP contribution is -2.36. The number of carboxylic acid groups (broad SMARTS) is 1. The third-order valence-corrected chi connectivity index (χ3v) is 5.40. The van der Waals surface area contributed by atoms with Crippen molar-refractivity contribution in [1.29, 1.82) is 0 Å². The number of ether oxygens (including phenoxy) is 1. The van der Waals surface area contributed by atoms with Crippen molar-refractivity contribution in [1.82, 2.24) is 0 Å². The summed E-state index contributed by atoms with van der Waals surface area (Å²) in [7, 11) is 0. The second-order valence-corrected chi connectivity index (χ2v) is 6.58. The van der Waals surface area contributed by atoms with Crippen LogP contribution < -0.4 is 0 Å². The molecular weight excluding hydrogens is 228 g/mol. The van der Waals surface area contributed by atoms with Crippen LogP contribution in [0.1, 0.15) is 64.2 Å². The van der Waals surface area contributed by atoms with Crippen molar-refractivity contribution in [3.8, 4) is 0 Å². The van der Waals surface area contributed by atoms with Crippen molar-refractivity contribution in [3.63, 3.8) is 0 Å². The van der Waals surface area contributed by atoms with Gasteiger partial charge in [0.25, 0.3) is 0 Å². The zero-order valence-corrected chi connectivity index (χ0v) is 11.1. The molecule has 3 nitrogen and oxygen atoms in total. The molecule has 2 saturated carbocycles. The second kappa shape index (κ2) is 4.84. The van der Waals surface area contributed by atoms with Crippen LogP contribution >= 0.6 is 0 Å². The normalized spacial score (nSPS) is 40.2. The van der Waals surface area contributed by atoms with E-state index >= 15 is 0 Å². The first-order valence-corrected chi connectivity index (χ1v) is 7.58. The number of fused-ring (bicyclic) bond motifs is 1. The van der Waals surface area contributed by atoms with E-state index < -0.39 is 11.4 Å². The summed E-state index contributed by atoms with van der Waals surface area (Å²) in [6.07, 6.45) is 11.9. The van der Waals surface area contributed by atoms with Gasteiger partial charge in [0.05, 0.1) is 17.6 Å². The Balaban J connectivity index is 1.57. The molecule has 0 bridgehead atoms. The Bertz CT molecular complexity index is 322. The predicted octanol–water partition coefficient (Wildman–Crippen LogP) is 3.37. The van der Waals surface area contributed by atoms with Crippen LogP contribution in [0, 0.1) is 11.3 Å². The summed E-state index contributed by atoms with van der Waals surface area (Å²) in [6, 6.07) is 0. The summed E-state index contributed by atoms with van der Waals surface area (Å²) in [4.78, 5) is 11.7. The Morgan fingerprint density at radius 3 is 2.61 bits per heavy atom. The lowest BCUT2D eigenvalue weighted by Gasteiger charge is -2.33. The van der Waals surface area contributed by atoms with E-state index in [2.05, 4.69) is 0 Å². The van der Waals surface area contributed by atoms with Crippen LogP contribution in [0.25, 0.3) is 0 Å². The number of carboxylic acids is 1. The molecule has 0 aromatic carbocycles. The first-order valence-electron chi connectivity index (χ1n) is 7.58. The SMILES string of the molecule is O=C(O)C1(CCC2CCCCC2)CCC2OC2C1. The van der Waals surface area contributed by atoms with Crippen LogP contribution in [0.5, 0.6) is 0 Å². The van der Waals surface area contributed by atoms with Crippen LogP contribution in [0.4, 0.5) is 0 Å². The van der Waals surface area contributed by atoms with Crippen LogP contribution in [0.2, 0.25) is 0 Å². The maximum atomic E-state index is 11.7. The Hall–Kier alpha value is -0.570. The third kappa shape index (κ3) is 2.42. The Morgan fingerprint density at radius 2 is 1.94 bits per heavy atom. The van der Waals surface area contributed by atoms with Crippen LogP contribution in [0.3, 0.4) is 0 Å². The lowest BCUT2D eigenvalue weighted by atomic mass is 9.69. The fourth-order valence-electron chi connectivity index (χ4n) is 4.00. The van der Waals surface area contributed by atoms with Crippen molar-refractivity contribution in [2.45, 2.75) is 76.4 Å². The van der Waals surface area contributed by atoms with Crippen molar-refractivity contribution in [3.05, 3.63) is 0 Å². The third-order valence-electron chi connectivity index (χ3n) is 5.40. The molecule has 3 heteroatoms. The van der Waals surface area contributed by atoms with Crippen molar-refractivity contribution < 1.29 is 14.6 Å². The summed E-state index contributed by atoms with van der Waals surface area (Å²) in [5.74, 6) is 0.208. The highest BCUT2D eigenvalue weighted by Gasteiger charge is 2.53. The zero-order chi connectivity index (χ0) is 12.6. The second-order valence-electron chi connectivity index (χ2n) is 6.58. The van der Waals surface area contributed by atoms with Crippen LogP contribution in [0.15, 0.2) is 0 Å². The highest BCUT2D eigenvalue weighted by molar-refractivity contribution is 5.75. The number of hydrogen-bond acceptors (Lipinski definition) is 2. The number of hydrogen-bond donors (Lipinski definition) is 1. The van der Waals surface area contributed by atoms with Gasteiger partial charge in [-0.3, -0.25) is 4.79 Å².